The van der Waals surface area contributed by atoms with E-state index in [0.29, 0.717) is 12.5 Å². The Kier molecular flexibility index (Phi) is 5.72. The summed E-state index contributed by atoms with van der Waals surface area (Å²) in [4.78, 5) is 22.2. The minimum absolute atomic E-state index is 0.0980. The molecule has 0 bridgehead atoms. The van der Waals surface area contributed by atoms with Crippen LogP contribution in [0, 0.1) is 27.4 Å². The summed E-state index contributed by atoms with van der Waals surface area (Å²) in [6.07, 6.45) is 2.41. The number of amides is 1. The van der Waals surface area contributed by atoms with E-state index in [-0.39, 0.29) is 24.3 Å². The molecule has 0 spiro atoms. The predicted molar refractivity (Wildman–Crippen MR) is 73.1 cm³/mol. The molecule has 1 N–H and O–H groups in total. The van der Waals surface area contributed by atoms with Crippen molar-refractivity contribution in [2.45, 2.75) is 33.2 Å². The molecule has 0 fully saturated rings. The van der Waals surface area contributed by atoms with Crippen LogP contribution in [0.25, 0.3) is 0 Å². The van der Waals surface area contributed by atoms with Crippen molar-refractivity contribution in [1.82, 2.24) is 9.88 Å². The maximum absolute atomic E-state index is 12.0. The van der Waals surface area contributed by atoms with Crippen LogP contribution in [0.15, 0.2) is 12.3 Å². The smallest absolute Gasteiger partial charge is 0.287 e. The highest BCUT2D eigenvalue weighted by Crippen LogP contribution is 2.18. The van der Waals surface area contributed by atoms with Gasteiger partial charge in [-0.3, -0.25) is 14.9 Å². The summed E-state index contributed by atoms with van der Waals surface area (Å²) in [7, 11) is 0. The predicted octanol–water partition coefficient (Wildman–Crippen LogP) is 2.09. The second kappa shape index (κ2) is 7.28. The maximum Gasteiger partial charge on any atom is 0.287 e. The quantitative estimate of drug-likeness (QED) is 0.468. The van der Waals surface area contributed by atoms with E-state index in [9.17, 15) is 14.9 Å². The van der Waals surface area contributed by atoms with Gasteiger partial charge in [0.05, 0.1) is 23.6 Å². The van der Waals surface area contributed by atoms with Crippen molar-refractivity contribution in [3.8, 4) is 6.07 Å². The second-order valence-electron chi connectivity index (χ2n) is 4.88. The van der Waals surface area contributed by atoms with Crippen molar-refractivity contribution in [1.29, 1.82) is 5.26 Å². The van der Waals surface area contributed by atoms with Crippen molar-refractivity contribution in [2.24, 2.45) is 5.92 Å². The molecule has 0 unspecified atom stereocenters. The Bertz CT molecular complexity index is 528. The van der Waals surface area contributed by atoms with Crippen LogP contribution in [-0.4, -0.2) is 21.9 Å². The number of hydrogen-bond donors (Lipinski definition) is 1. The molecule has 1 amide bonds. The molecular weight excluding hydrogens is 260 g/mol. The number of nitro groups is 1. The van der Waals surface area contributed by atoms with E-state index in [1.54, 1.807) is 4.57 Å². The minimum atomic E-state index is -0.516. The van der Waals surface area contributed by atoms with Crippen LogP contribution in [0.1, 0.15) is 37.2 Å². The van der Waals surface area contributed by atoms with Gasteiger partial charge < -0.3 is 9.88 Å². The number of nitriles is 1. The molecule has 0 atom stereocenters. The normalized spacial score (nSPS) is 10.3. The fourth-order valence-electron chi connectivity index (χ4n) is 1.69. The van der Waals surface area contributed by atoms with E-state index < -0.39 is 10.8 Å². The molecule has 20 heavy (non-hydrogen) atoms. The van der Waals surface area contributed by atoms with Crippen LogP contribution in [0.3, 0.4) is 0 Å². The van der Waals surface area contributed by atoms with E-state index in [4.69, 9.17) is 5.26 Å². The number of carbonyl (C=O) groups is 1. The Morgan fingerprint density at radius 1 is 1.60 bits per heavy atom. The van der Waals surface area contributed by atoms with E-state index >= 15 is 0 Å². The van der Waals surface area contributed by atoms with Crippen LogP contribution in [0.2, 0.25) is 0 Å². The van der Waals surface area contributed by atoms with Gasteiger partial charge in [-0.1, -0.05) is 13.8 Å². The van der Waals surface area contributed by atoms with Crippen LogP contribution >= 0.6 is 0 Å². The molecule has 1 heterocycles. The average Bonchev–Trinajstić information content (AvgIpc) is 2.80. The van der Waals surface area contributed by atoms with Gasteiger partial charge in [-0.25, -0.2) is 0 Å². The number of hydrogen-bond acceptors (Lipinski definition) is 4. The molecule has 0 aliphatic rings. The Balaban J connectivity index is 2.88. The Labute approximate surface area is 117 Å². The summed E-state index contributed by atoms with van der Waals surface area (Å²) in [5.41, 5.74) is 0.162. The lowest BCUT2D eigenvalue weighted by atomic mass is 10.1. The lowest BCUT2D eigenvalue weighted by Gasteiger charge is -2.10. The van der Waals surface area contributed by atoms with Gasteiger partial charge in [0.25, 0.3) is 11.6 Å². The first kappa shape index (κ1) is 15.7. The number of aryl methyl sites for hydroxylation is 1. The van der Waals surface area contributed by atoms with Crippen molar-refractivity contribution in [3.63, 3.8) is 0 Å². The molecule has 108 valence electrons. The standard InChI is InChI=1S/C13H18N4O3/c1-10(2)4-7-16-9-11(17(19)20)8-12(16)13(18)15-6-3-5-14/h8-10H,3-4,6-7H2,1-2H3,(H,15,18). The highest BCUT2D eigenvalue weighted by Gasteiger charge is 2.19. The number of rotatable bonds is 7. The first-order chi connectivity index (χ1) is 9.45. The minimum Gasteiger partial charge on any atom is -0.350 e. The van der Waals surface area contributed by atoms with Crippen LogP contribution in [0.4, 0.5) is 5.69 Å². The van der Waals surface area contributed by atoms with E-state index in [0.717, 1.165) is 6.42 Å². The third-order valence-electron chi connectivity index (χ3n) is 2.80. The molecule has 1 aromatic heterocycles. The monoisotopic (exact) mass is 278 g/mol. The lowest BCUT2D eigenvalue weighted by molar-refractivity contribution is -0.384. The topological polar surface area (TPSA) is 101 Å². The molecule has 1 rings (SSSR count). The highest BCUT2D eigenvalue weighted by molar-refractivity contribution is 5.93. The van der Waals surface area contributed by atoms with Gasteiger partial charge in [-0.2, -0.15) is 5.26 Å². The third kappa shape index (κ3) is 4.39. The Morgan fingerprint density at radius 3 is 2.85 bits per heavy atom. The summed E-state index contributed by atoms with van der Waals surface area (Å²) in [5, 5.41) is 21.8. The number of aromatic nitrogens is 1. The lowest BCUT2D eigenvalue weighted by Crippen LogP contribution is -2.26. The molecule has 7 nitrogen and oxygen atoms in total. The van der Waals surface area contributed by atoms with E-state index in [2.05, 4.69) is 5.32 Å². The largest absolute Gasteiger partial charge is 0.350 e. The van der Waals surface area contributed by atoms with Gasteiger partial charge in [0.15, 0.2) is 0 Å². The highest BCUT2D eigenvalue weighted by atomic mass is 16.6. The molecular formula is C13H18N4O3. The van der Waals surface area contributed by atoms with Gasteiger partial charge >= 0.3 is 0 Å². The first-order valence-corrected chi connectivity index (χ1v) is 6.45. The summed E-state index contributed by atoms with van der Waals surface area (Å²) in [6.45, 7) is 4.88. The van der Waals surface area contributed by atoms with E-state index in [1.807, 2.05) is 19.9 Å². The second-order valence-corrected chi connectivity index (χ2v) is 4.88. The van der Waals surface area contributed by atoms with E-state index in [1.165, 1.54) is 12.3 Å². The van der Waals surface area contributed by atoms with Gasteiger partial charge in [-0.05, 0) is 12.3 Å². The first-order valence-electron chi connectivity index (χ1n) is 6.45. The molecule has 0 radical (unpaired) electrons. The van der Waals surface area contributed by atoms with Crippen molar-refractivity contribution >= 4 is 11.6 Å². The summed E-state index contributed by atoms with van der Waals surface area (Å²) in [5.74, 6) is 0.0445. The summed E-state index contributed by atoms with van der Waals surface area (Å²) < 4.78 is 1.60. The average molecular weight is 278 g/mol. The molecule has 0 aromatic carbocycles. The van der Waals surface area contributed by atoms with Crippen molar-refractivity contribution in [2.75, 3.05) is 6.54 Å². The Morgan fingerprint density at radius 2 is 2.30 bits per heavy atom. The molecule has 0 aliphatic heterocycles. The zero-order valence-electron chi connectivity index (χ0n) is 11.6. The van der Waals surface area contributed by atoms with Gasteiger partial charge in [-0.15, -0.1) is 0 Å². The van der Waals surface area contributed by atoms with Gasteiger partial charge in [0, 0.05) is 19.2 Å². The molecule has 7 heteroatoms. The zero-order chi connectivity index (χ0) is 15.1. The summed E-state index contributed by atoms with van der Waals surface area (Å²) in [6, 6.07) is 3.19. The summed E-state index contributed by atoms with van der Waals surface area (Å²) >= 11 is 0. The van der Waals surface area contributed by atoms with Crippen LogP contribution < -0.4 is 5.32 Å². The van der Waals surface area contributed by atoms with Crippen molar-refractivity contribution in [3.05, 3.63) is 28.1 Å². The molecule has 0 saturated carbocycles. The SMILES string of the molecule is CC(C)CCn1cc([N+](=O)[O-])cc1C(=O)NCCC#N. The van der Waals surface area contributed by atoms with Crippen molar-refractivity contribution < 1.29 is 9.72 Å². The van der Waals surface area contributed by atoms with Gasteiger partial charge in [0.1, 0.15) is 5.69 Å². The molecule has 0 saturated heterocycles. The fourth-order valence-corrected chi connectivity index (χ4v) is 1.69. The number of nitrogens with one attached hydrogen (secondary N) is 1. The molecule has 0 aliphatic carbocycles. The fraction of sp³-hybridized carbons (Fsp3) is 0.538. The Hall–Kier alpha value is -2.36. The van der Waals surface area contributed by atoms with Gasteiger partial charge in [0.2, 0.25) is 0 Å². The number of carbonyl (C=O) groups excluding carboxylic acids is 1. The molecule has 1 aromatic rings. The van der Waals surface area contributed by atoms with Crippen LogP contribution in [0.5, 0.6) is 0 Å². The third-order valence-corrected chi connectivity index (χ3v) is 2.80. The van der Waals surface area contributed by atoms with Crippen LogP contribution in [-0.2, 0) is 6.54 Å². The zero-order valence-corrected chi connectivity index (χ0v) is 11.6. The maximum atomic E-state index is 12.0. The number of nitrogens with zero attached hydrogens (tertiary/aromatic N) is 3.